The number of ether oxygens (including phenoxy) is 2. The molecule has 0 fully saturated rings. The highest BCUT2D eigenvalue weighted by Crippen LogP contribution is 2.43. The standard InChI is InChI=1S/C28H27O2P/c1-20-12-16-22(17-13-20)31(23-18-14-21(2)15-19-23)27-11-7-10-26(30-4)28(27)24-8-5-6-9-25(24)29-3/h5-19H,1-4H3. The van der Waals surface area contributed by atoms with Crippen molar-refractivity contribution in [2.45, 2.75) is 13.8 Å². The third-order valence-corrected chi connectivity index (χ3v) is 7.91. The highest BCUT2D eigenvalue weighted by atomic mass is 31.1. The van der Waals surface area contributed by atoms with Crippen molar-refractivity contribution in [1.29, 1.82) is 0 Å². The van der Waals surface area contributed by atoms with Gasteiger partial charge in [-0.3, -0.25) is 0 Å². The molecular weight excluding hydrogens is 399 g/mol. The zero-order valence-electron chi connectivity index (χ0n) is 18.4. The molecular formula is C28H27O2P. The molecule has 0 saturated heterocycles. The van der Waals surface area contributed by atoms with Crippen LogP contribution >= 0.6 is 7.92 Å². The van der Waals surface area contributed by atoms with Gasteiger partial charge in [0.05, 0.1) is 14.2 Å². The van der Waals surface area contributed by atoms with E-state index in [1.165, 1.54) is 27.0 Å². The second-order valence-electron chi connectivity index (χ2n) is 7.56. The monoisotopic (exact) mass is 426 g/mol. The Balaban J connectivity index is 2.01. The van der Waals surface area contributed by atoms with E-state index in [2.05, 4.69) is 80.6 Å². The fraction of sp³-hybridized carbons (Fsp3) is 0.143. The number of rotatable bonds is 6. The van der Waals surface area contributed by atoms with Crippen LogP contribution in [0.25, 0.3) is 11.1 Å². The Labute approximate surface area is 186 Å². The fourth-order valence-electron chi connectivity index (χ4n) is 3.81. The number of para-hydroxylation sites is 1. The first-order valence-corrected chi connectivity index (χ1v) is 11.7. The zero-order chi connectivity index (χ0) is 21.8. The quantitative estimate of drug-likeness (QED) is 0.366. The van der Waals surface area contributed by atoms with Gasteiger partial charge in [-0.2, -0.15) is 0 Å². The maximum Gasteiger partial charge on any atom is 0.127 e. The first-order valence-electron chi connectivity index (χ1n) is 10.4. The van der Waals surface area contributed by atoms with Crippen molar-refractivity contribution in [3.8, 4) is 22.6 Å². The first kappa shape index (κ1) is 21.2. The summed E-state index contributed by atoms with van der Waals surface area (Å²) in [6.45, 7) is 4.26. The lowest BCUT2D eigenvalue weighted by Crippen LogP contribution is -2.22. The topological polar surface area (TPSA) is 18.5 Å². The molecule has 0 atom stereocenters. The third-order valence-electron chi connectivity index (χ3n) is 5.43. The zero-order valence-corrected chi connectivity index (χ0v) is 19.3. The van der Waals surface area contributed by atoms with Crippen molar-refractivity contribution in [3.05, 3.63) is 102 Å². The summed E-state index contributed by atoms with van der Waals surface area (Å²) in [5.74, 6) is 1.70. The molecule has 0 aromatic heterocycles. The highest BCUT2D eigenvalue weighted by Gasteiger charge is 2.24. The molecule has 0 spiro atoms. The normalized spacial score (nSPS) is 10.9. The van der Waals surface area contributed by atoms with Crippen LogP contribution in [0.15, 0.2) is 91.0 Å². The van der Waals surface area contributed by atoms with E-state index in [-0.39, 0.29) is 0 Å². The van der Waals surface area contributed by atoms with Gasteiger partial charge in [0.25, 0.3) is 0 Å². The average Bonchev–Trinajstić information content (AvgIpc) is 2.81. The summed E-state index contributed by atoms with van der Waals surface area (Å²) in [6.07, 6.45) is 0. The van der Waals surface area contributed by atoms with Crippen LogP contribution in [0.4, 0.5) is 0 Å². The van der Waals surface area contributed by atoms with Crippen LogP contribution in [0.2, 0.25) is 0 Å². The average molecular weight is 426 g/mol. The Bertz CT molecular complexity index is 1120. The molecule has 0 radical (unpaired) electrons. The second kappa shape index (κ2) is 9.37. The summed E-state index contributed by atoms with van der Waals surface area (Å²) in [5.41, 5.74) is 4.66. The van der Waals surface area contributed by atoms with Gasteiger partial charge in [-0.1, -0.05) is 90.0 Å². The van der Waals surface area contributed by atoms with E-state index in [0.717, 1.165) is 22.6 Å². The predicted octanol–water partition coefficient (Wildman–Crippen LogP) is 5.75. The van der Waals surface area contributed by atoms with Crippen LogP contribution in [-0.4, -0.2) is 14.2 Å². The molecule has 0 aliphatic carbocycles. The van der Waals surface area contributed by atoms with Gasteiger partial charge in [0.2, 0.25) is 0 Å². The van der Waals surface area contributed by atoms with Gasteiger partial charge in [0.15, 0.2) is 0 Å². The molecule has 3 heteroatoms. The number of hydrogen-bond acceptors (Lipinski definition) is 2. The maximum absolute atomic E-state index is 5.85. The molecule has 4 aromatic rings. The molecule has 4 rings (SSSR count). The molecule has 0 amide bonds. The molecule has 156 valence electrons. The third kappa shape index (κ3) is 4.36. The van der Waals surface area contributed by atoms with Crippen LogP contribution in [0.3, 0.4) is 0 Å². The predicted molar refractivity (Wildman–Crippen MR) is 133 cm³/mol. The van der Waals surface area contributed by atoms with Crippen LogP contribution in [0.1, 0.15) is 11.1 Å². The summed E-state index contributed by atoms with van der Waals surface area (Å²) in [5, 5.41) is 3.88. The van der Waals surface area contributed by atoms with Crippen molar-refractivity contribution >= 4 is 23.8 Å². The molecule has 0 saturated carbocycles. The Kier molecular flexibility index (Phi) is 6.39. The molecule has 0 aliphatic heterocycles. The molecule has 0 aliphatic rings. The lowest BCUT2D eigenvalue weighted by Gasteiger charge is -2.25. The smallest absolute Gasteiger partial charge is 0.127 e. The number of methoxy groups -OCH3 is 2. The Morgan fingerprint density at radius 2 is 1.06 bits per heavy atom. The minimum atomic E-state index is -0.790. The van der Waals surface area contributed by atoms with Crippen LogP contribution < -0.4 is 25.4 Å². The molecule has 0 bridgehead atoms. The Hall–Kier alpha value is -3.09. The summed E-state index contributed by atoms with van der Waals surface area (Å²) in [4.78, 5) is 0. The van der Waals surface area contributed by atoms with E-state index in [4.69, 9.17) is 9.47 Å². The fourth-order valence-corrected chi connectivity index (χ4v) is 6.25. The van der Waals surface area contributed by atoms with Gasteiger partial charge in [-0.05, 0) is 49.8 Å². The highest BCUT2D eigenvalue weighted by molar-refractivity contribution is 7.80. The van der Waals surface area contributed by atoms with E-state index >= 15 is 0 Å². The number of hydrogen-bond donors (Lipinski definition) is 0. The van der Waals surface area contributed by atoms with Gasteiger partial charge in [0, 0.05) is 11.1 Å². The van der Waals surface area contributed by atoms with Crippen LogP contribution in [0, 0.1) is 13.8 Å². The van der Waals surface area contributed by atoms with E-state index in [9.17, 15) is 0 Å². The van der Waals surface area contributed by atoms with Crippen molar-refractivity contribution < 1.29 is 9.47 Å². The molecule has 2 nitrogen and oxygen atoms in total. The molecule has 0 N–H and O–H groups in total. The largest absolute Gasteiger partial charge is 0.496 e. The van der Waals surface area contributed by atoms with Crippen LogP contribution in [-0.2, 0) is 0 Å². The minimum Gasteiger partial charge on any atom is -0.496 e. The molecule has 4 aromatic carbocycles. The Morgan fingerprint density at radius 1 is 0.548 bits per heavy atom. The summed E-state index contributed by atoms with van der Waals surface area (Å²) >= 11 is 0. The second-order valence-corrected chi connectivity index (χ2v) is 9.75. The van der Waals surface area contributed by atoms with Gasteiger partial charge in [-0.25, -0.2) is 0 Å². The van der Waals surface area contributed by atoms with Crippen LogP contribution in [0.5, 0.6) is 11.5 Å². The van der Waals surface area contributed by atoms with Crippen molar-refractivity contribution in [2.75, 3.05) is 14.2 Å². The van der Waals surface area contributed by atoms with Crippen molar-refractivity contribution in [1.82, 2.24) is 0 Å². The van der Waals surface area contributed by atoms with Crippen molar-refractivity contribution in [3.63, 3.8) is 0 Å². The SMILES string of the molecule is COc1ccccc1-c1c(OC)cccc1P(c1ccc(C)cc1)c1ccc(C)cc1. The summed E-state index contributed by atoms with van der Waals surface area (Å²) in [6, 6.07) is 32.3. The van der Waals surface area contributed by atoms with E-state index < -0.39 is 7.92 Å². The summed E-state index contributed by atoms with van der Waals surface area (Å²) in [7, 11) is 2.66. The van der Waals surface area contributed by atoms with E-state index in [0.29, 0.717) is 0 Å². The number of aryl methyl sites for hydroxylation is 2. The number of benzene rings is 4. The maximum atomic E-state index is 5.85. The van der Waals surface area contributed by atoms with Gasteiger partial charge in [-0.15, -0.1) is 0 Å². The molecule has 31 heavy (non-hydrogen) atoms. The van der Waals surface area contributed by atoms with Gasteiger partial charge >= 0.3 is 0 Å². The molecule has 0 heterocycles. The lowest BCUT2D eigenvalue weighted by molar-refractivity contribution is 0.410. The van der Waals surface area contributed by atoms with Crippen molar-refractivity contribution in [2.24, 2.45) is 0 Å². The minimum absolute atomic E-state index is 0.790. The van der Waals surface area contributed by atoms with Gasteiger partial charge < -0.3 is 9.47 Å². The molecule has 0 unspecified atom stereocenters. The van der Waals surface area contributed by atoms with Gasteiger partial charge in [0.1, 0.15) is 11.5 Å². The Morgan fingerprint density at radius 3 is 1.61 bits per heavy atom. The lowest BCUT2D eigenvalue weighted by atomic mass is 10.0. The van der Waals surface area contributed by atoms with E-state index in [1.807, 2.05) is 24.3 Å². The summed E-state index contributed by atoms with van der Waals surface area (Å²) < 4.78 is 11.6. The van der Waals surface area contributed by atoms with E-state index in [1.54, 1.807) is 14.2 Å². The first-order chi connectivity index (χ1) is 15.1.